The average Bonchev–Trinajstić information content (AvgIpc) is 2.46. The molecule has 0 aliphatic carbocycles. The van der Waals surface area contributed by atoms with Crippen molar-refractivity contribution in [2.75, 3.05) is 7.11 Å². The van der Waals surface area contributed by atoms with Gasteiger partial charge in [-0.25, -0.2) is 15.0 Å². The summed E-state index contributed by atoms with van der Waals surface area (Å²) in [5, 5.41) is 0.692. The lowest BCUT2D eigenvalue weighted by atomic mass is 10.5. The lowest BCUT2D eigenvalue weighted by molar-refractivity contribution is 0.292. The molecule has 4 nitrogen and oxygen atoms in total. The van der Waals surface area contributed by atoms with Gasteiger partial charge in [-0.1, -0.05) is 11.3 Å². The van der Waals surface area contributed by atoms with Crippen LogP contribution in [0, 0.1) is 13.5 Å². The predicted octanol–water partition coefficient (Wildman–Crippen LogP) is 1.43. The van der Waals surface area contributed by atoms with Gasteiger partial charge in [0.05, 0.1) is 6.20 Å². The maximum absolute atomic E-state index is 4.74. The Hall–Kier alpha value is -1.07. The topological polar surface area (TPSA) is 47.9 Å². The molecule has 0 bridgehead atoms. The zero-order chi connectivity index (χ0) is 9.26. The number of hydrogen-bond donors (Lipinski definition) is 0. The molecule has 0 aliphatic heterocycles. The van der Waals surface area contributed by atoms with Crippen molar-refractivity contribution in [2.45, 2.75) is 6.92 Å². The summed E-state index contributed by atoms with van der Waals surface area (Å²) in [5.41, 5.74) is 0.787. The van der Waals surface area contributed by atoms with E-state index in [1.54, 1.807) is 13.3 Å². The first-order valence-corrected chi connectivity index (χ1v) is 4.50. The van der Waals surface area contributed by atoms with Crippen molar-refractivity contribution in [3.8, 4) is 0 Å². The Morgan fingerprint density at radius 1 is 1.46 bits per heavy atom. The minimum atomic E-state index is 0.692. The third kappa shape index (κ3) is 1.66. The van der Waals surface area contributed by atoms with Gasteiger partial charge in [0.2, 0.25) is 0 Å². The average molecular weight is 193 g/mol. The molecule has 0 aliphatic rings. The normalized spacial score (nSPS) is 10.9. The molecular formula is C8H7N3OS. The summed E-state index contributed by atoms with van der Waals surface area (Å²) in [6, 6.07) is 0. The van der Waals surface area contributed by atoms with Gasteiger partial charge in [0.15, 0.2) is 6.61 Å². The fourth-order valence-electron chi connectivity index (χ4n) is 0.949. The molecule has 2 radical (unpaired) electrons. The van der Waals surface area contributed by atoms with Gasteiger partial charge in [0.25, 0.3) is 0 Å². The largest absolute Gasteiger partial charge is 0.364 e. The Morgan fingerprint density at radius 3 is 3.08 bits per heavy atom. The van der Waals surface area contributed by atoms with Gasteiger partial charge in [-0.05, 0) is 6.92 Å². The van der Waals surface area contributed by atoms with Crippen molar-refractivity contribution in [1.29, 1.82) is 0 Å². The molecule has 0 fully saturated rings. The fraction of sp³-hybridized carbons (Fsp3) is 0.250. The maximum atomic E-state index is 4.74. The van der Waals surface area contributed by atoms with Crippen LogP contribution < -0.4 is 0 Å². The quantitative estimate of drug-likeness (QED) is 0.723. The van der Waals surface area contributed by atoms with Crippen LogP contribution in [0.5, 0.6) is 0 Å². The number of hydrogen-bond acceptors (Lipinski definition) is 5. The van der Waals surface area contributed by atoms with Crippen molar-refractivity contribution < 1.29 is 4.74 Å². The van der Waals surface area contributed by atoms with E-state index in [4.69, 9.17) is 4.74 Å². The van der Waals surface area contributed by atoms with Crippen LogP contribution in [0.1, 0.15) is 10.8 Å². The predicted molar refractivity (Wildman–Crippen MR) is 49.3 cm³/mol. The summed E-state index contributed by atoms with van der Waals surface area (Å²) in [7, 11) is 1.54. The molecule has 66 valence electrons. The zero-order valence-corrected chi connectivity index (χ0v) is 8.05. The van der Waals surface area contributed by atoms with Crippen molar-refractivity contribution in [1.82, 2.24) is 15.0 Å². The second kappa shape index (κ2) is 3.35. The first kappa shape index (κ1) is 8.52. The molecule has 0 saturated heterocycles. The van der Waals surface area contributed by atoms with Crippen LogP contribution in [0.3, 0.4) is 0 Å². The highest BCUT2D eigenvalue weighted by Gasteiger charge is 2.05. The Balaban J connectivity index is 2.49. The summed E-state index contributed by atoms with van der Waals surface area (Å²) in [5.74, 6) is 0.750. The van der Waals surface area contributed by atoms with Crippen LogP contribution in [-0.4, -0.2) is 22.1 Å². The molecule has 2 aromatic rings. The molecule has 2 rings (SSSR count). The molecule has 0 atom stereocenters. The van der Waals surface area contributed by atoms with E-state index >= 15 is 0 Å². The smallest absolute Gasteiger partial charge is 0.197 e. The molecule has 0 unspecified atom stereocenters. The van der Waals surface area contributed by atoms with Crippen LogP contribution in [-0.2, 0) is 4.74 Å². The maximum Gasteiger partial charge on any atom is 0.197 e. The van der Waals surface area contributed by atoms with Gasteiger partial charge in [-0.3, -0.25) is 0 Å². The number of aryl methyl sites for hydroxylation is 1. The summed E-state index contributed by atoms with van der Waals surface area (Å²) < 4.78 is 4.74. The van der Waals surface area contributed by atoms with Gasteiger partial charge in [-0.2, -0.15) is 0 Å². The lowest BCUT2D eigenvalue weighted by Crippen LogP contribution is -1.84. The van der Waals surface area contributed by atoms with E-state index in [9.17, 15) is 0 Å². The van der Waals surface area contributed by atoms with Crippen LogP contribution in [0.2, 0.25) is 0 Å². The standard InChI is InChI=1S/C8H7N3OS/c1-5-9-3-6-8(10-5)13-7(11-6)4-12-2/h3H,1-2H3. The molecule has 13 heavy (non-hydrogen) atoms. The monoisotopic (exact) mass is 193 g/mol. The van der Waals surface area contributed by atoms with Gasteiger partial charge < -0.3 is 4.74 Å². The first-order valence-electron chi connectivity index (χ1n) is 3.69. The molecule has 2 aromatic heterocycles. The van der Waals surface area contributed by atoms with E-state index in [0.717, 1.165) is 16.2 Å². The summed E-state index contributed by atoms with van der Waals surface area (Å²) in [4.78, 5) is 13.3. The number of thiazole rings is 1. The molecule has 5 heteroatoms. The van der Waals surface area contributed by atoms with E-state index in [2.05, 4.69) is 21.6 Å². The minimum Gasteiger partial charge on any atom is -0.364 e. The molecule has 0 aromatic carbocycles. The molecule has 0 saturated carbocycles. The zero-order valence-electron chi connectivity index (χ0n) is 7.24. The first-order chi connectivity index (χ1) is 6.29. The van der Waals surface area contributed by atoms with Crippen LogP contribution in [0.4, 0.5) is 0 Å². The van der Waals surface area contributed by atoms with Crippen molar-refractivity contribution >= 4 is 21.7 Å². The molecule has 0 amide bonds. The lowest BCUT2D eigenvalue weighted by Gasteiger charge is -1.87. The Kier molecular flexibility index (Phi) is 2.20. The van der Waals surface area contributed by atoms with E-state index < -0.39 is 0 Å². The number of aromatic nitrogens is 3. The van der Waals surface area contributed by atoms with Crippen molar-refractivity contribution in [3.63, 3.8) is 0 Å². The summed E-state index contributed by atoms with van der Waals surface area (Å²) >= 11 is 1.44. The Labute approximate surface area is 79.6 Å². The third-order valence-electron chi connectivity index (χ3n) is 1.46. The Bertz CT molecular complexity index is 426. The van der Waals surface area contributed by atoms with E-state index in [1.165, 1.54) is 11.3 Å². The van der Waals surface area contributed by atoms with Crippen LogP contribution in [0.25, 0.3) is 10.3 Å². The van der Waals surface area contributed by atoms with Gasteiger partial charge in [-0.15, -0.1) is 0 Å². The van der Waals surface area contributed by atoms with Crippen LogP contribution in [0.15, 0.2) is 6.20 Å². The summed E-state index contributed by atoms with van der Waals surface area (Å²) in [6.07, 6.45) is 1.70. The third-order valence-corrected chi connectivity index (χ3v) is 2.32. The number of rotatable bonds is 2. The fourth-order valence-corrected chi connectivity index (χ4v) is 1.78. The van der Waals surface area contributed by atoms with E-state index in [1.807, 2.05) is 6.92 Å². The van der Waals surface area contributed by atoms with Gasteiger partial charge in [0, 0.05) is 7.11 Å². The highest BCUT2D eigenvalue weighted by atomic mass is 32.1. The highest BCUT2D eigenvalue weighted by Crippen LogP contribution is 2.20. The molecule has 2 heterocycles. The number of methoxy groups -OCH3 is 1. The van der Waals surface area contributed by atoms with E-state index in [0.29, 0.717) is 5.01 Å². The van der Waals surface area contributed by atoms with Gasteiger partial charge >= 0.3 is 0 Å². The minimum absolute atomic E-state index is 0.692. The number of nitrogens with zero attached hydrogens (tertiary/aromatic N) is 3. The molecule has 0 N–H and O–H groups in total. The summed E-state index contributed by atoms with van der Waals surface area (Å²) in [6.45, 7) is 4.51. The highest BCUT2D eigenvalue weighted by molar-refractivity contribution is 7.18. The molecule has 0 spiro atoms. The van der Waals surface area contributed by atoms with Crippen molar-refractivity contribution in [2.24, 2.45) is 0 Å². The second-order valence-corrected chi connectivity index (χ2v) is 3.41. The number of ether oxygens (including phenoxy) is 1. The van der Waals surface area contributed by atoms with Crippen LogP contribution >= 0.6 is 11.3 Å². The van der Waals surface area contributed by atoms with E-state index in [-0.39, 0.29) is 0 Å². The van der Waals surface area contributed by atoms with Crippen molar-refractivity contribution in [3.05, 3.63) is 23.6 Å². The SMILES string of the molecule is CO[C]c1nc2cnc(C)nc2s1. The molecular weight excluding hydrogens is 186 g/mol. The van der Waals surface area contributed by atoms with Gasteiger partial charge in [0.1, 0.15) is 21.2 Å². The number of fused-ring (bicyclic) bond motifs is 1. The Morgan fingerprint density at radius 2 is 2.31 bits per heavy atom. The second-order valence-electron chi connectivity index (χ2n) is 2.43.